The van der Waals surface area contributed by atoms with E-state index in [0.717, 1.165) is 16.9 Å². The van der Waals surface area contributed by atoms with E-state index >= 15 is 0 Å². The number of furan rings is 1. The van der Waals surface area contributed by atoms with Gasteiger partial charge in [0.25, 0.3) is 0 Å². The molecule has 25 heavy (non-hydrogen) atoms. The molecule has 0 aliphatic heterocycles. The predicted molar refractivity (Wildman–Crippen MR) is 96.8 cm³/mol. The van der Waals surface area contributed by atoms with Crippen molar-refractivity contribution >= 4 is 11.6 Å². The minimum Gasteiger partial charge on any atom is -0.460 e. The molecule has 1 aromatic heterocycles. The molecule has 0 aliphatic carbocycles. The molecule has 0 saturated heterocycles. The standard InChI is InChI=1S/C20H19ClFNO2/c1-13(20(24)14-5-3-2-4-6-14)23-12-16-8-10-19(25-16)15-7-9-18(22)17(21)11-15/h2-11,13,20,23-24H,12H2,1H3/t13-,20+/m1/s1. The zero-order valence-electron chi connectivity index (χ0n) is 13.7. The van der Waals surface area contributed by atoms with Crippen LogP contribution in [0.1, 0.15) is 24.4 Å². The molecule has 1 heterocycles. The van der Waals surface area contributed by atoms with Crippen LogP contribution in [0.5, 0.6) is 0 Å². The molecule has 0 spiro atoms. The molecule has 130 valence electrons. The zero-order valence-corrected chi connectivity index (χ0v) is 14.5. The van der Waals surface area contributed by atoms with E-state index in [4.69, 9.17) is 16.0 Å². The third-order valence-electron chi connectivity index (χ3n) is 4.08. The predicted octanol–water partition coefficient (Wildman–Crippen LogP) is 4.95. The Hall–Kier alpha value is -2.14. The first-order valence-electron chi connectivity index (χ1n) is 8.05. The van der Waals surface area contributed by atoms with Gasteiger partial charge in [-0.25, -0.2) is 4.39 Å². The van der Waals surface area contributed by atoms with E-state index in [9.17, 15) is 9.50 Å². The Balaban J connectivity index is 1.62. The third kappa shape index (κ3) is 4.28. The number of halogens is 2. The van der Waals surface area contributed by atoms with E-state index in [-0.39, 0.29) is 11.1 Å². The monoisotopic (exact) mass is 359 g/mol. The van der Waals surface area contributed by atoms with Crippen molar-refractivity contribution in [1.82, 2.24) is 5.32 Å². The zero-order chi connectivity index (χ0) is 17.8. The average molecular weight is 360 g/mol. The Bertz CT molecular complexity index is 835. The first kappa shape index (κ1) is 17.7. The summed E-state index contributed by atoms with van der Waals surface area (Å²) < 4.78 is 19.0. The summed E-state index contributed by atoms with van der Waals surface area (Å²) in [5, 5.41) is 13.7. The summed E-state index contributed by atoms with van der Waals surface area (Å²) in [6.45, 7) is 2.39. The average Bonchev–Trinajstić information content (AvgIpc) is 3.11. The van der Waals surface area contributed by atoms with Crippen molar-refractivity contribution in [3.05, 3.63) is 82.8 Å². The van der Waals surface area contributed by atoms with E-state index in [1.54, 1.807) is 6.07 Å². The first-order valence-corrected chi connectivity index (χ1v) is 8.43. The van der Waals surface area contributed by atoms with Crippen LogP contribution in [0.4, 0.5) is 4.39 Å². The van der Waals surface area contributed by atoms with Crippen molar-refractivity contribution < 1.29 is 13.9 Å². The number of hydrogen-bond donors (Lipinski definition) is 2. The van der Waals surface area contributed by atoms with Crippen molar-refractivity contribution in [2.75, 3.05) is 0 Å². The van der Waals surface area contributed by atoms with E-state index in [2.05, 4.69) is 5.32 Å². The lowest BCUT2D eigenvalue weighted by atomic mass is 10.0. The van der Waals surface area contributed by atoms with Gasteiger partial charge in [-0.05, 0) is 42.8 Å². The SMILES string of the molecule is C[C@@H](NCc1ccc(-c2ccc(F)c(Cl)c2)o1)[C@H](O)c1ccccc1. The topological polar surface area (TPSA) is 45.4 Å². The molecule has 2 N–H and O–H groups in total. The van der Waals surface area contributed by atoms with E-state index < -0.39 is 11.9 Å². The lowest BCUT2D eigenvalue weighted by molar-refractivity contribution is 0.134. The summed E-state index contributed by atoms with van der Waals surface area (Å²) in [5.74, 6) is 0.889. The fraction of sp³-hybridized carbons (Fsp3) is 0.200. The molecule has 2 aromatic carbocycles. The molecular formula is C20H19ClFNO2. The second-order valence-electron chi connectivity index (χ2n) is 5.92. The van der Waals surface area contributed by atoms with Gasteiger partial charge >= 0.3 is 0 Å². The number of benzene rings is 2. The van der Waals surface area contributed by atoms with Gasteiger partial charge in [-0.15, -0.1) is 0 Å². The van der Waals surface area contributed by atoms with Crippen LogP contribution in [0.15, 0.2) is 65.1 Å². The highest BCUT2D eigenvalue weighted by atomic mass is 35.5. The molecule has 0 radical (unpaired) electrons. The van der Waals surface area contributed by atoms with Crippen LogP contribution in [0, 0.1) is 5.82 Å². The lowest BCUT2D eigenvalue weighted by Gasteiger charge is -2.20. The quantitative estimate of drug-likeness (QED) is 0.654. The maximum atomic E-state index is 13.2. The highest BCUT2D eigenvalue weighted by Crippen LogP contribution is 2.26. The van der Waals surface area contributed by atoms with Gasteiger partial charge in [0, 0.05) is 11.6 Å². The molecule has 5 heteroatoms. The van der Waals surface area contributed by atoms with Crippen LogP contribution in [-0.2, 0) is 6.54 Å². The molecule has 3 rings (SSSR count). The number of hydrogen-bond acceptors (Lipinski definition) is 3. The van der Waals surface area contributed by atoms with Crippen molar-refractivity contribution in [3.63, 3.8) is 0 Å². The largest absolute Gasteiger partial charge is 0.460 e. The fourth-order valence-electron chi connectivity index (χ4n) is 2.59. The number of rotatable bonds is 6. The number of nitrogens with one attached hydrogen (secondary N) is 1. The molecule has 0 fully saturated rings. The van der Waals surface area contributed by atoms with Gasteiger partial charge in [0.1, 0.15) is 17.3 Å². The Kier molecular flexibility index (Phi) is 5.53. The van der Waals surface area contributed by atoms with Crippen LogP contribution >= 0.6 is 11.6 Å². The smallest absolute Gasteiger partial charge is 0.141 e. The highest BCUT2D eigenvalue weighted by Gasteiger charge is 2.16. The number of aliphatic hydroxyl groups excluding tert-OH is 1. The summed E-state index contributed by atoms with van der Waals surface area (Å²) in [5.41, 5.74) is 1.58. The van der Waals surface area contributed by atoms with Crippen LogP contribution in [0.3, 0.4) is 0 Å². The Morgan fingerprint density at radius 1 is 1.12 bits per heavy atom. The van der Waals surface area contributed by atoms with Gasteiger partial charge in [-0.1, -0.05) is 41.9 Å². The van der Waals surface area contributed by atoms with Crippen LogP contribution < -0.4 is 5.32 Å². The Labute approximate surface area is 151 Å². The summed E-state index contributed by atoms with van der Waals surface area (Å²) in [6.07, 6.45) is -0.605. The second-order valence-corrected chi connectivity index (χ2v) is 6.33. The summed E-state index contributed by atoms with van der Waals surface area (Å²) in [4.78, 5) is 0. The maximum absolute atomic E-state index is 13.2. The molecule has 3 nitrogen and oxygen atoms in total. The Morgan fingerprint density at radius 3 is 2.60 bits per heavy atom. The molecule has 3 aromatic rings. The molecule has 0 amide bonds. The van der Waals surface area contributed by atoms with Gasteiger partial charge in [0.05, 0.1) is 17.7 Å². The normalized spacial score (nSPS) is 13.6. The summed E-state index contributed by atoms with van der Waals surface area (Å²) in [6, 6.07) is 17.5. The van der Waals surface area contributed by atoms with Gasteiger partial charge in [0.15, 0.2) is 0 Å². The van der Waals surface area contributed by atoms with Crippen molar-refractivity contribution in [2.24, 2.45) is 0 Å². The summed E-state index contributed by atoms with van der Waals surface area (Å²) in [7, 11) is 0. The molecule has 0 bridgehead atoms. The van der Waals surface area contributed by atoms with Gasteiger partial charge in [-0.3, -0.25) is 0 Å². The van der Waals surface area contributed by atoms with Crippen molar-refractivity contribution in [3.8, 4) is 11.3 Å². The first-order chi connectivity index (χ1) is 12.0. The number of aliphatic hydroxyl groups is 1. The van der Waals surface area contributed by atoms with Gasteiger partial charge < -0.3 is 14.8 Å². The van der Waals surface area contributed by atoms with Crippen LogP contribution in [0.2, 0.25) is 5.02 Å². The van der Waals surface area contributed by atoms with Crippen molar-refractivity contribution in [2.45, 2.75) is 25.6 Å². The molecule has 0 unspecified atom stereocenters. The van der Waals surface area contributed by atoms with E-state index in [1.807, 2.05) is 49.4 Å². The maximum Gasteiger partial charge on any atom is 0.141 e. The third-order valence-corrected chi connectivity index (χ3v) is 4.37. The minimum absolute atomic E-state index is 0.0631. The van der Waals surface area contributed by atoms with E-state index in [1.165, 1.54) is 12.1 Å². The molecular weight excluding hydrogens is 341 g/mol. The van der Waals surface area contributed by atoms with Gasteiger partial charge in [0.2, 0.25) is 0 Å². The second kappa shape index (κ2) is 7.83. The molecule has 0 saturated carbocycles. The Morgan fingerprint density at radius 2 is 1.88 bits per heavy atom. The van der Waals surface area contributed by atoms with Crippen LogP contribution in [0.25, 0.3) is 11.3 Å². The highest BCUT2D eigenvalue weighted by molar-refractivity contribution is 6.31. The van der Waals surface area contributed by atoms with E-state index in [0.29, 0.717) is 12.3 Å². The van der Waals surface area contributed by atoms with Gasteiger partial charge in [-0.2, -0.15) is 0 Å². The molecule has 2 atom stereocenters. The lowest BCUT2D eigenvalue weighted by Crippen LogP contribution is -2.31. The van der Waals surface area contributed by atoms with Crippen molar-refractivity contribution in [1.29, 1.82) is 0 Å². The summed E-state index contributed by atoms with van der Waals surface area (Å²) >= 11 is 5.81. The van der Waals surface area contributed by atoms with Crippen LogP contribution in [-0.4, -0.2) is 11.1 Å². The fourth-order valence-corrected chi connectivity index (χ4v) is 2.77. The minimum atomic E-state index is -0.605. The molecule has 0 aliphatic rings.